The third-order valence-electron chi connectivity index (χ3n) is 8.29. The molecule has 2 aliphatic carbocycles. The lowest BCUT2D eigenvalue weighted by Crippen LogP contribution is -2.78. The van der Waals surface area contributed by atoms with Crippen LogP contribution in [-0.4, -0.2) is 112 Å². The smallest absolute Gasteiger partial charge is 0.281 e. The van der Waals surface area contributed by atoms with Gasteiger partial charge in [0.05, 0.1) is 12.2 Å². The van der Waals surface area contributed by atoms with Gasteiger partial charge < -0.3 is 54.0 Å². The molecule has 13 heteroatoms. The highest BCUT2D eigenvalue weighted by atomic mass is 35.6. The van der Waals surface area contributed by atoms with Crippen LogP contribution in [-0.2, 0) is 28.4 Å². The van der Waals surface area contributed by atoms with Crippen LogP contribution in [0.1, 0.15) is 41.5 Å². The van der Waals surface area contributed by atoms with Crippen molar-refractivity contribution in [2.24, 2.45) is 5.92 Å². The highest BCUT2D eigenvalue weighted by molar-refractivity contribution is 7.20. The van der Waals surface area contributed by atoms with Gasteiger partial charge >= 0.3 is 0 Å². The number of ether oxygens (including phenoxy) is 6. The molecule has 0 spiro atoms. The van der Waals surface area contributed by atoms with Gasteiger partial charge in [-0.05, 0) is 5.04 Å². The first-order valence-electron chi connectivity index (χ1n) is 12.4. The van der Waals surface area contributed by atoms with Crippen LogP contribution in [0, 0.1) is 5.92 Å². The summed E-state index contributed by atoms with van der Waals surface area (Å²) in [5, 5.41) is 48.9. The van der Waals surface area contributed by atoms with E-state index in [0.29, 0.717) is 5.04 Å². The molecule has 0 radical (unpaired) electrons. The summed E-state index contributed by atoms with van der Waals surface area (Å²) in [6.45, 7) is 16.1. The van der Waals surface area contributed by atoms with E-state index in [4.69, 9.17) is 39.5 Å². The van der Waals surface area contributed by atoms with Crippen molar-refractivity contribution < 1.29 is 54.0 Å². The molecule has 6 aliphatic heterocycles. The maximum absolute atomic E-state index is 9.82. The number of hydrogen-bond acceptors (Lipinski definition) is 11. The Bertz CT molecular complexity index is 647. The molecule has 210 valence electrons. The Morgan fingerprint density at radius 3 is 1.00 bits per heavy atom. The van der Waals surface area contributed by atoms with Gasteiger partial charge in [-0.3, -0.25) is 0 Å². The van der Waals surface area contributed by atoms with Gasteiger partial charge in [-0.15, -0.1) is 0 Å². The normalized spacial score (nSPS) is 54.5. The van der Waals surface area contributed by atoms with Crippen molar-refractivity contribution in [3.8, 4) is 0 Å². The molecule has 8 bridgehead atoms. The van der Waals surface area contributed by atoms with Gasteiger partial charge in [-0.25, -0.2) is 0 Å². The van der Waals surface area contributed by atoms with Gasteiger partial charge in [0.15, 0.2) is 7.38 Å². The molecule has 6 unspecified atom stereocenters. The van der Waals surface area contributed by atoms with Crippen LogP contribution >= 0.6 is 11.1 Å². The Hall–Kier alpha value is 0.0669. The average molecular weight is 557 g/mol. The van der Waals surface area contributed by atoms with E-state index in [9.17, 15) is 25.5 Å². The van der Waals surface area contributed by atoms with Crippen LogP contribution < -0.4 is 0 Å². The fourth-order valence-electron chi connectivity index (χ4n) is 5.11. The minimum Gasteiger partial charge on any atom is -0.388 e. The van der Waals surface area contributed by atoms with Crippen molar-refractivity contribution in [3.63, 3.8) is 0 Å². The molecule has 6 heterocycles. The molecule has 8 rings (SSSR count). The first kappa shape index (κ1) is 29.1. The fourth-order valence-corrected chi connectivity index (χ4v) is 5.11. The zero-order valence-electron chi connectivity index (χ0n) is 22.0. The maximum atomic E-state index is 9.82. The Morgan fingerprint density at radius 1 is 0.583 bits per heavy atom. The molecule has 11 nitrogen and oxygen atoms in total. The van der Waals surface area contributed by atoms with E-state index >= 15 is 0 Å². The molecule has 8 aliphatic rings. The first-order valence-corrected chi connectivity index (χ1v) is 16.5. The van der Waals surface area contributed by atoms with Crippen LogP contribution in [0.2, 0.25) is 18.1 Å². The first-order chi connectivity index (χ1) is 16.3. The second kappa shape index (κ2) is 9.32. The monoisotopic (exact) mass is 556 g/mol. The van der Waals surface area contributed by atoms with Crippen molar-refractivity contribution in [1.29, 1.82) is 0 Å². The molecular formula is C23H41ClO11Si. The van der Waals surface area contributed by atoms with Crippen LogP contribution in [0.3, 0.4) is 0 Å². The third-order valence-corrected chi connectivity index (χ3v) is 13.6. The van der Waals surface area contributed by atoms with E-state index in [1.54, 1.807) is 13.8 Å². The molecule has 0 aromatic heterocycles. The Labute approximate surface area is 217 Å². The molecule has 6 saturated heterocycles. The highest BCUT2D eigenvalue weighted by Gasteiger charge is 2.65. The summed E-state index contributed by atoms with van der Waals surface area (Å²) in [4.78, 5) is 0. The maximum Gasteiger partial charge on any atom is 0.281 e. The SMILES string of the molecule is CC(C)(C)[Si](C)(C)Cl.CC12OC3C(O)C(O1)C(O)C(O2)C3O.CC1C2OC3(C)OC(C2O)C(O)[C@@H]1O3. The fraction of sp³-hybridized carbons (Fsp3) is 1.00. The van der Waals surface area contributed by atoms with Crippen molar-refractivity contribution in [2.45, 2.75) is 139 Å². The Balaban J connectivity index is 0.000000133. The zero-order chi connectivity index (χ0) is 27.2. The minimum absolute atomic E-state index is 0.00627. The second-order valence-electron chi connectivity index (χ2n) is 12.3. The summed E-state index contributed by atoms with van der Waals surface area (Å²) in [5.74, 6) is -2.32. The zero-order valence-corrected chi connectivity index (χ0v) is 23.7. The number of aliphatic hydroxyl groups is 5. The van der Waals surface area contributed by atoms with Crippen molar-refractivity contribution in [3.05, 3.63) is 0 Å². The van der Waals surface area contributed by atoms with Crippen LogP contribution in [0.25, 0.3) is 0 Å². The molecule has 5 N–H and O–H groups in total. The average Bonchev–Trinajstić information content (AvgIpc) is 2.75. The quantitative estimate of drug-likeness (QED) is 0.207. The summed E-state index contributed by atoms with van der Waals surface area (Å²) in [5.41, 5.74) is 0. The molecule has 0 amide bonds. The lowest BCUT2D eigenvalue weighted by atomic mass is 9.77. The molecule has 2 saturated carbocycles. The Kier molecular flexibility index (Phi) is 7.53. The highest BCUT2D eigenvalue weighted by Crippen LogP contribution is 2.47. The molecule has 0 aromatic carbocycles. The van der Waals surface area contributed by atoms with Crippen LogP contribution in [0.15, 0.2) is 0 Å². The van der Waals surface area contributed by atoms with Gasteiger partial charge in [0.2, 0.25) is 0 Å². The standard InChI is InChI=1S/C9H14O5.C8H12O6.C6H15ClSi/c1-3-6-4(10)8-5(11)7(3)13-9(2,12-6)14-8;1-8-12-5-2(9)6(13-8)4(11)7(14-8)3(5)10;1-6(2,3)8(4,5)7/h3-8,10-11H,1-2H3;2-7,9-11H,1H3;1-5H3/t3?,4?,5?,6-,7?,8?,9?;;/m1../s1. The molecule has 0 aromatic rings. The lowest BCUT2D eigenvalue weighted by molar-refractivity contribution is -0.531. The van der Waals surface area contributed by atoms with Crippen LogP contribution in [0.5, 0.6) is 0 Å². The Morgan fingerprint density at radius 2 is 0.778 bits per heavy atom. The van der Waals surface area contributed by atoms with E-state index in [1.165, 1.54) is 0 Å². The summed E-state index contributed by atoms with van der Waals surface area (Å²) < 4.78 is 32.0. The molecule has 7 atom stereocenters. The summed E-state index contributed by atoms with van der Waals surface area (Å²) >= 11 is 6.15. The summed E-state index contributed by atoms with van der Waals surface area (Å²) in [6, 6.07) is 0. The van der Waals surface area contributed by atoms with Crippen LogP contribution in [0.4, 0.5) is 0 Å². The molecule has 8 fully saturated rings. The summed E-state index contributed by atoms with van der Waals surface area (Å²) in [7, 11) is -1.39. The van der Waals surface area contributed by atoms with Crippen molar-refractivity contribution >= 4 is 18.5 Å². The van der Waals surface area contributed by atoms with Crippen molar-refractivity contribution in [1.82, 2.24) is 0 Å². The third kappa shape index (κ3) is 4.91. The predicted octanol–water partition coefficient (Wildman–Crippen LogP) is 0.384. The van der Waals surface area contributed by atoms with E-state index in [1.807, 2.05) is 6.92 Å². The number of rotatable bonds is 0. The number of halogens is 1. The van der Waals surface area contributed by atoms with E-state index < -0.39 is 74.3 Å². The second-order valence-corrected chi connectivity index (χ2v) is 19.5. The van der Waals surface area contributed by atoms with Gasteiger partial charge in [-0.1, -0.05) is 40.8 Å². The van der Waals surface area contributed by atoms with Gasteiger partial charge in [0.25, 0.3) is 11.9 Å². The predicted molar refractivity (Wildman–Crippen MR) is 128 cm³/mol. The van der Waals surface area contributed by atoms with Gasteiger partial charge in [0, 0.05) is 19.8 Å². The topological polar surface area (TPSA) is 157 Å². The van der Waals surface area contributed by atoms with E-state index in [0.717, 1.165) is 0 Å². The minimum atomic E-state index is -1.39. The van der Waals surface area contributed by atoms with Gasteiger partial charge in [-0.2, -0.15) is 11.1 Å². The molecule has 36 heavy (non-hydrogen) atoms. The number of hydrogen-bond donors (Lipinski definition) is 5. The summed E-state index contributed by atoms with van der Waals surface area (Å²) in [6.07, 6.45) is -7.89. The lowest BCUT2D eigenvalue weighted by Gasteiger charge is -2.60. The van der Waals surface area contributed by atoms with Gasteiger partial charge in [0.1, 0.15) is 54.9 Å². The van der Waals surface area contributed by atoms with Crippen molar-refractivity contribution in [2.75, 3.05) is 0 Å². The largest absolute Gasteiger partial charge is 0.388 e. The number of aliphatic hydroxyl groups excluding tert-OH is 5. The molecular weight excluding hydrogens is 516 g/mol. The van der Waals surface area contributed by atoms with E-state index in [-0.39, 0.29) is 18.1 Å². The van der Waals surface area contributed by atoms with E-state index in [2.05, 4.69) is 33.9 Å².